The molecule has 0 amide bonds. The summed E-state index contributed by atoms with van der Waals surface area (Å²) in [4.78, 5) is 13.0. The molecule has 15 heavy (non-hydrogen) atoms. The second-order valence-electron chi connectivity index (χ2n) is 4.62. The van der Waals surface area contributed by atoms with E-state index in [0.29, 0.717) is 18.4 Å². The third-order valence-corrected chi connectivity index (χ3v) is 3.43. The van der Waals surface area contributed by atoms with Gasteiger partial charge in [-0.05, 0) is 31.7 Å². The zero-order chi connectivity index (χ0) is 10.7. The van der Waals surface area contributed by atoms with Gasteiger partial charge >= 0.3 is 5.97 Å². The summed E-state index contributed by atoms with van der Waals surface area (Å²) in [5.41, 5.74) is 0. The third kappa shape index (κ3) is 2.92. The molecule has 1 N–H and O–H groups in total. The maximum Gasteiger partial charge on any atom is 0.303 e. The summed E-state index contributed by atoms with van der Waals surface area (Å²) in [7, 11) is 0. The number of hydrogen-bond donors (Lipinski definition) is 1. The molecule has 86 valence electrons. The fourth-order valence-electron chi connectivity index (χ4n) is 2.62. The highest BCUT2D eigenvalue weighted by atomic mass is 16.5. The molecule has 2 unspecified atom stereocenters. The van der Waals surface area contributed by atoms with Crippen LogP contribution in [0.5, 0.6) is 0 Å². The Hall–Kier alpha value is -0.610. The first kappa shape index (κ1) is 10.9. The van der Waals surface area contributed by atoms with E-state index in [0.717, 1.165) is 39.1 Å². The SMILES string of the molecule is O=C(O)CC1CCN(C2CCCOC2)C1. The van der Waals surface area contributed by atoms with Crippen LogP contribution in [0.15, 0.2) is 0 Å². The summed E-state index contributed by atoms with van der Waals surface area (Å²) in [6.45, 7) is 3.72. The van der Waals surface area contributed by atoms with Crippen LogP contribution in [0.4, 0.5) is 0 Å². The number of aliphatic carboxylic acids is 1. The number of carboxylic acid groups (broad SMARTS) is 1. The molecule has 2 saturated heterocycles. The van der Waals surface area contributed by atoms with Gasteiger partial charge in [0.1, 0.15) is 0 Å². The topological polar surface area (TPSA) is 49.8 Å². The van der Waals surface area contributed by atoms with Crippen molar-refractivity contribution in [2.24, 2.45) is 5.92 Å². The van der Waals surface area contributed by atoms with E-state index in [1.54, 1.807) is 0 Å². The fraction of sp³-hybridized carbons (Fsp3) is 0.909. The lowest BCUT2D eigenvalue weighted by atomic mass is 10.1. The standard InChI is InChI=1S/C11H19NO3/c13-11(14)6-9-3-4-12(7-9)10-2-1-5-15-8-10/h9-10H,1-8H2,(H,13,14). The Balaban J connectivity index is 1.78. The number of ether oxygens (including phenoxy) is 1. The van der Waals surface area contributed by atoms with Gasteiger partial charge in [-0.15, -0.1) is 0 Å². The van der Waals surface area contributed by atoms with Crippen molar-refractivity contribution in [2.45, 2.75) is 31.7 Å². The maximum atomic E-state index is 10.6. The van der Waals surface area contributed by atoms with Crippen LogP contribution in [0.2, 0.25) is 0 Å². The second-order valence-corrected chi connectivity index (χ2v) is 4.62. The molecule has 0 saturated carbocycles. The van der Waals surface area contributed by atoms with E-state index in [1.807, 2.05) is 0 Å². The quantitative estimate of drug-likeness (QED) is 0.758. The van der Waals surface area contributed by atoms with Gasteiger partial charge in [-0.25, -0.2) is 0 Å². The molecule has 4 heteroatoms. The first-order valence-electron chi connectivity index (χ1n) is 5.79. The highest BCUT2D eigenvalue weighted by Gasteiger charge is 2.30. The van der Waals surface area contributed by atoms with Crippen molar-refractivity contribution in [1.82, 2.24) is 4.90 Å². The van der Waals surface area contributed by atoms with Gasteiger partial charge in [-0.3, -0.25) is 9.69 Å². The van der Waals surface area contributed by atoms with E-state index < -0.39 is 5.97 Å². The van der Waals surface area contributed by atoms with E-state index >= 15 is 0 Å². The van der Waals surface area contributed by atoms with Gasteiger partial charge in [-0.1, -0.05) is 0 Å². The lowest BCUT2D eigenvalue weighted by molar-refractivity contribution is -0.138. The Morgan fingerprint density at radius 3 is 3.00 bits per heavy atom. The molecule has 2 rings (SSSR count). The van der Waals surface area contributed by atoms with Crippen LogP contribution in [-0.4, -0.2) is 48.3 Å². The average molecular weight is 213 g/mol. The molecule has 0 aromatic heterocycles. The zero-order valence-electron chi connectivity index (χ0n) is 9.02. The van der Waals surface area contributed by atoms with Gasteiger partial charge in [0.2, 0.25) is 0 Å². The minimum absolute atomic E-state index is 0.323. The summed E-state index contributed by atoms with van der Waals surface area (Å²) in [6.07, 6.45) is 3.71. The monoisotopic (exact) mass is 213 g/mol. The van der Waals surface area contributed by atoms with Crippen LogP contribution in [0.3, 0.4) is 0 Å². The van der Waals surface area contributed by atoms with Crippen LogP contribution in [0, 0.1) is 5.92 Å². The van der Waals surface area contributed by atoms with Crippen LogP contribution < -0.4 is 0 Å². The molecule has 2 aliphatic rings. The predicted octanol–water partition coefficient (Wildman–Crippen LogP) is 0.962. The van der Waals surface area contributed by atoms with E-state index in [1.165, 1.54) is 6.42 Å². The van der Waals surface area contributed by atoms with Crippen LogP contribution in [-0.2, 0) is 9.53 Å². The largest absolute Gasteiger partial charge is 0.481 e. The zero-order valence-corrected chi connectivity index (χ0v) is 9.02. The summed E-state index contributed by atoms with van der Waals surface area (Å²) in [5, 5.41) is 8.73. The number of nitrogens with zero attached hydrogens (tertiary/aromatic N) is 1. The van der Waals surface area contributed by atoms with Crippen LogP contribution in [0.25, 0.3) is 0 Å². The molecule has 0 spiro atoms. The molecule has 4 nitrogen and oxygen atoms in total. The van der Waals surface area contributed by atoms with Crippen LogP contribution in [0.1, 0.15) is 25.7 Å². The Bertz CT molecular complexity index is 226. The van der Waals surface area contributed by atoms with E-state index in [4.69, 9.17) is 9.84 Å². The predicted molar refractivity (Wildman–Crippen MR) is 55.8 cm³/mol. The van der Waals surface area contributed by atoms with Gasteiger partial charge in [-0.2, -0.15) is 0 Å². The minimum atomic E-state index is -0.665. The number of hydrogen-bond acceptors (Lipinski definition) is 3. The first-order valence-corrected chi connectivity index (χ1v) is 5.79. The smallest absolute Gasteiger partial charge is 0.303 e. The van der Waals surface area contributed by atoms with Gasteiger partial charge in [0.05, 0.1) is 6.61 Å². The molecule has 2 atom stereocenters. The van der Waals surface area contributed by atoms with Crippen molar-refractivity contribution < 1.29 is 14.6 Å². The van der Waals surface area contributed by atoms with Crippen molar-refractivity contribution >= 4 is 5.97 Å². The minimum Gasteiger partial charge on any atom is -0.481 e. The highest BCUT2D eigenvalue weighted by molar-refractivity contribution is 5.67. The number of carbonyl (C=O) groups is 1. The van der Waals surface area contributed by atoms with E-state index in [-0.39, 0.29) is 0 Å². The third-order valence-electron chi connectivity index (χ3n) is 3.43. The van der Waals surface area contributed by atoms with Crippen molar-refractivity contribution in [2.75, 3.05) is 26.3 Å². The van der Waals surface area contributed by atoms with Crippen molar-refractivity contribution in [1.29, 1.82) is 0 Å². The fourth-order valence-corrected chi connectivity index (χ4v) is 2.62. The average Bonchev–Trinajstić information content (AvgIpc) is 2.67. The number of likely N-dealkylation sites (tertiary alicyclic amines) is 1. The Kier molecular flexibility index (Phi) is 3.59. The van der Waals surface area contributed by atoms with Crippen LogP contribution >= 0.6 is 0 Å². The maximum absolute atomic E-state index is 10.6. The molecule has 0 radical (unpaired) electrons. The molecule has 2 aliphatic heterocycles. The van der Waals surface area contributed by atoms with E-state index in [9.17, 15) is 4.79 Å². The number of carboxylic acids is 1. The van der Waals surface area contributed by atoms with Crippen molar-refractivity contribution in [3.8, 4) is 0 Å². The molecule has 0 aromatic carbocycles. The number of rotatable bonds is 3. The van der Waals surface area contributed by atoms with Crippen molar-refractivity contribution in [3.05, 3.63) is 0 Å². The Morgan fingerprint density at radius 2 is 2.33 bits per heavy atom. The Labute approximate surface area is 90.2 Å². The Morgan fingerprint density at radius 1 is 1.47 bits per heavy atom. The summed E-state index contributed by atoms with van der Waals surface area (Å²) in [6, 6.07) is 0.539. The van der Waals surface area contributed by atoms with Gasteiger partial charge in [0, 0.05) is 25.6 Å². The molecular weight excluding hydrogens is 194 g/mol. The highest BCUT2D eigenvalue weighted by Crippen LogP contribution is 2.24. The molecule has 2 heterocycles. The van der Waals surface area contributed by atoms with Gasteiger partial charge < -0.3 is 9.84 Å². The lowest BCUT2D eigenvalue weighted by Gasteiger charge is -2.30. The summed E-state index contributed by atoms with van der Waals surface area (Å²) < 4.78 is 5.45. The molecular formula is C11H19NO3. The molecule has 0 aromatic rings. The van der Waals surface area contributed by atoms with E-state index in [2.05, 4.69) is 4.90 Å². The van der Waals surface area contributed by atoms with Gasteiger partial charge in [0.25, 0.3) is 0 Å². The van der Waals surface area contributed by atoms with Crippen molar-refractivity contribution in [3.63, 3.8) is 0 Å². The molecule has 2 fully saturated rings. The second kappa shape index (κ2) is 4.94. The van der Waals surface area contributed by atoms with Gasteiger partial charge in [0.15, 0.2) is 0 Å². The normalized spacial score (nSPS) is 33.1. The molecule has 0 bridgehead atoms. The molecule has 0 aliphatic carbocycles. The summed E-state index contributed by atoms with van der Waals surface area (Å²) in [5.74, 6) is -0.314. The summed E-state index contributed by atoms with van der Waals surface area (Å²) >= 11 is 0. The lowest BCUT2D eigenvalue weighted by Crippen LogP contribution is -2.39. The first-order chi connectivity index (χ1) is 7.25.